The standard InChI is InChI=1S/C18H19N5O3S/c24-18(21-22-12-19-20-13-22)15-7-9-23(10-8-15)27(25,26)17-6-5-14-3-1-2-4-16(14)11-17/h1-6,11-13,15H,7-10H2,(H,21,24). The molecule has 0 saturated carbocycles. The number of carbonyl (C=O) groups excluding carboxylic acids is 1. The summed E-state index contributed by atoms with van der Waals surface area (Å²) < 4.78 is 28.8. The molecule has 4 rings (SSSR count). The number of hydrogen-bond acceptors (Lipinski definition) is 5. The number of amides is 1. The number of hydrogen-bond donors (Lipinski definition) is 1. The Kier molecular flexibility index (Phi) is 4.63. The fourth-order valence-electron chi connectivity index (χ4n) is 3.31. The van der Waals surface area contributed by atoms with E-state index >= 15 is 0 Å². The second kappa shape index (κ2) is 7.09. The molecule has 27 heavy (non-hydrogen) atoms. The largest absolute Gasteiger partial charge is 0.273 e. The molecular weight excluding hydrogens is 366 g/mol. The zero-order valence-electron chi connectivity index (χ0n) is 14.5. The lowest BCUT2D eigenvalue weighted by Crippen LogP contribution is -2.42. The van der Waals surface area contributed by atoms with E-state index < -0.39 is 10.0 Å². The van der Waals surface area contributed by atoms with Gasteiger partial charge in [-0.25, -0.2) is 13.1 Å². The van der Waals surface area contributed by atoms with Gasteiger partial charge in [0.25, 0.3) is 0 Å². The molecule has 1 amide bonds. The molecule has 0 aliphatic carbocycles. The third kappa shape index (κ3) is 3.56. The number of rotatable bonds is 4. The van der Waals surface area contributed by atoms with Gasteiger partial charge in [0.2, 0.25) is 15.9 Å². The first-order valence-electron chi connectivity index (χ1n) is 8.68. The molecule has 1 N–H and O–H groups in total. The number of piperidine rings is 1. The lowest BCUT2D eigenvalue weighted by molar-refractivity contribution is -0.121. The summed E-state index contributed by atoms with van der Waals surface area (Å²) in [6, 6.07) is 12.8. The molecule has 1 aliphatic rings. The number of sulfonamides is 1. The Morgan fingerprint density at radius 3 is 2.37 bits per heavy atom. The molecule has 2 heterocycles. The zero-order chi connectivity index (χ0) is 18.9. The Balaban J connectivity index is 1.45. The summed E-state index contributed by atoms with van der Waals surface area (Å²) >= 11 is 0. The molecule has 0 radical (unpaired) electrons. The predicted octanol–water partition coefficient (Wildman–Crippen LogP) is 1.60. The molecule has 0 bridgehead atoms. The van der Waals surface area contributed by atoms with Crippen LogP contribution in [0.15, 0.2) is 60.0 Å². The first kappa shape index (κ1) is 17.6. The van der Waals surface area contributed by atoms with Crippen molar-refractivity contribution in [1.82, 2.24) is 19.2 Å². The third-order valence-corrected chi connectivity index (χ3v) is 6.74. The average molecular weight is 385 g/mol. The van der Waals surface area contributed by atoms with Crippen molar-refractivity contribution in [3.63, 3.8) is 0 Å². The van der Waals surface area contributed by atoms with Crippen molar-refractivity contribution in [3.8, 4) is 0 Å². The van der Waals surface area contributed by atoms with Gasteiger partial charge in [-0.15, -0.1) is 10.2 Å². The maximum atomic E-state index is 13.0. The minimum absolute atomic E-state index is 0.155. The molecule has 2 aromatic carbocycles. The molecular formula is C18H19N5O3S. The van der Waals surface area contributed by atoms with Crippen LogP contribution in [0.4, 0.5) is 0 Å². The Labute approximate surface area is 156 Å². The van der Waals surface area contributed by atoms with E-state index in [0.717, 1.165) is 10.8 Å². The molecule has 8 nitrogen and oxygen atoms in total. The van der Waals surface area contributed by atoms with E-state index in [1.54, 1.807) is 12.1 Å². The van der Waals surface area contributed by atoms with Gasteiger partial charge in [-0.2, -0.15) is 4.31 Å². The second-order valence-corrected chi connectivity index (χ2v) is 8.47. The van der Waals surface area contributed by atoms with Crippen molar-refractivity contribution in [3.05, 3.63) is 55.1 Å². The van der Waals surface area contributed by atoms with Gasteiger partial charge in [-0.1, -0.05) is 30.3 Å². The lowest BCUT2D eigenvalue weighted by Gasteiger charge is -2.30. The summed E-state index contributed by atoms with van der Waals surface area (Å²) in [6.07, 6.45) is 3.75. The summed E-state index contributed by atoms with van der Waals surface area (Å²) in [5.41, 5.74) is 2.68. The summed E-state index contributed by atoms with van der Waals surface area (Å²) in [5, 5.41) is 9.15. The molecule has 0 spiro atoms. The first-order chi connectivity index (χ1) is 13.0. The molecule has 1 saturated heterocycles. The third-order valence-electron chi connectivity index (χ3n) is 4.84. The second-order valence-electron chi connectivity index (χ2n) is 6.53. The van der Waals surface area contributed by atoms with Crippen LogP contribution in [-0.4, -0.2) is 46.6 Å². The highest BCUT2D eigenvalue weighted by atomic mass is 32.2. The van der Waals surface area contributed by atoms with Crippen LogP contribution in [0.25, 0.3) is 10.8 Å². The zero-order valence-corrected chi connectivity index (χ0v) is 15.3. The van der Waals surface area contributed by atoms with Crippen LogP contribution in [0, 0.1) is 5.92 Å². The Morgan fingerprint density at radius 2 is 1.67 bits per heavy atom. The monoisotopic (exact) mass is 385 g/mol. The van der Waals surface area contributed by atoms with Gasteiger partial charge in [0, 0.05) is 19.0 Å². The average Bonchev–Trinajstić information content (AvgIpc) is 3.20. The van der Waals surface area contributed by atoms with Crippen LogP contribution in [0.5, 0.6) is 0 Å². The van der Waals surface area contributed by atoms with E-state index in [-0.39, 0.29) is 16.7 Å². The number of nitrogens with one attached hydrogen (secondary N) is 1. The van der Waals surface area contributed by atoms with Crippen molar-refractivity contribution >= 4 is 26.7 Å². The minimum Gasteiger partial charge on any atom is -0.273 e. The quantitative estimate of drug-likeness (QED) is 0.736. The van der Waals surface area contributed by atoms with E-state index in [1.165, 1.54) is 21.6 Å². The van der Waals surface area contributed by atoms with Crippen molar-refractivity contribution in [2.75, 3.05) is 18.5 Å². The van der Waals surface area contributed by atoms with Gasteiger partial charge in [-0.3, -0.25) is 10.2 Å². The molecule has 9 heteroatoms. The van der Waals surface area contributed by atoms with Crippen LogP contribution in [0.1, 0.15) is 12.8 Å². The maximum Gasteiger partial charge on any atom is 0.243 e. The number of fused-ring (bicyclic) bond motifs is 1. The normalized spacial score (nSPS) is 16.4. The van der Waals surface area contributed by atoms with Gasteiger partial charge in [0.05, 0.1) is 4.90 Å². The highest BCUT2D eigenvalue weighted by Crippen LogP contribution is 2.26. The van der Waals surface area contributed by atoms with Gasteiger partial charge in [0.1, 0.15) is 12.7 Å². The van der Waals surface area contributed by atoms with Gasteiger partial charge < -0.3 is 0 Å². The van der Waals surface area contributed by atoms with Crippen LogP contribution in [0.3, 0.4) is 0 Å². The molecule has 0 unspecified atom stereocenters. The maximum absolute atomic E-state index is 13.0. The Bertz CT molecular complexity index is 1060. The van der Waals surface area contributed by atoms with Crippen molar-refractivity contribution < 1.29 is 13.2 Å². The highest BCUT2D eigenvalue weighted by Gasteiger charge is 2.32. The minimum atomic E-state index is -3.58. The highest BCUT2D eigenvalue weighted by molar-refractivity contribution is 7.89. The van der Waals surface area contributed by atoms with Crippen LogP contribution >= 0.6 is 0 Å². The van der Waals surface area contributed by atoms with E-state index in [4.69, 9.17) is 0 Å². The van der Waals surface area contributed by atoms with Gasteiger partial charge in [-0.05, 0) is 35.7 Å². The van der Waals surface area contributed by atoms with Crippen LogP contribution in [-0.2, 0) is 14.8 Å². The molecule has 0 atom stereocenters. The van der Waals surface area contributed by atoms with E-state index in [9.17, 15) is 13.2 Å². The number of nitrogens with zero attached hydrogens (tertiary/aromatic N) is 4. The van der Waals surface area contributed by atoms with Gasteiger partial charge >= 0.3 is 0 Å². The Hall–Kier alpha value is -2.78. The predicted molar refractivity (Wildman–Crippen MR) is 99.8 cm³/mol. The van der Waals surface area contributed by atoms with Crippen molar-refractivity contribution in [1.29, 1.82) is 0 Å². The topological polar surface area (TPSA) is 97.2 Å². The van der Waals surface area contributed by atoms with Crippen LogP contribution in [0.2, 0.25) is 0 Å². The first-order valence-corrected chi connectivity index (χ1v) is 10.1. The fraction of sp³-hybridized carbons (Fsp3) is 0.278. The number of aromatic nitrogens is 3. The van der Waals surface area contributed by atoms with E-state index in [1.807, 2.05) is 30.3 Å². The van der Waals surface area contributed by atoms with Crippen molar-refractivity contribution in [2.24, 2.45) is 5.92 Å². The molecule has 1 aliphatic heterocycles. The fourth-order valence-corrected chi connectivity index (χ4v) is 4.82. The molecule has 3 aromatic rings. The summed E-state index contributed by atoms with van der Waals surface area (Å²) in [4.78, 5) is 12.6. The molecule has 1 fully saturated rings. The lowest BCUT2D eigenvalue weighted by atomic mass is 9.98. The molecule has 1 aromatic heterocycles. The van der Waals surface area contributed by atoms with Crippen molar-refractivity contribution in [2.45, 2.75) is 17.7 Å². The van der Waals surface area contributed by atoms with E-state index in [2.05, 4.69) is 15.6 Å². The number of benzene rings is 2. The summed E-state index contributed by atoms with van der Waals surface area (Å²) in [7, 11) is -3.58. The number of carbonyl (C=O) groups is 1. The SMILES string of the molecule is O=C(Nn1cnnc1)C1CCN(S(=O)(=O)c2ccc3ccccc3c2)CC1. The molecule has 140 valence electrons. The van der Waals surface area contributed by atoms with Gasteiger partial charge in [0.15, 0.2) is 0 Å². The summed E-state index contributed by atoms with van der Waals surface area (Å²) in [6.45, 7) is 0.630. The summed E-state index contributed by atoms with van der Waals surface area (Å²) in [5.74, 6) is -0.395. The van der Waals surface area contributed by atoms with E-state index in [0.29, 0.717) is 25.9 Å². The Morgan fingerprint density at radius 1 is 1.00 bits per heavy atom. The smallest absolute Gasteiger partial charge is 0.243 e. The van der Waals surface area contributed by atoms with Crippen LogP contribution < -0.4 is 5.43 Å².